The second kappa shape index (κ2) is 9.06. The number of para-hydroxylation sites is 2. The molecular weight excluding hydrogens is 450 g/mol. The average molecular weight is 476 g/mol. The maximum absolute atomic E-state index is 12.5. The molecule has 1 amide bonds. The Hall–Kier alpha value is -2.92. The smallest absolute Gasteiger partial charge is 0.251 e. The lowest BCUT2D eigenvalue weighted by Crippen LogP contribution is -2.26. The molecule has 0 aliphatic rings. The van der Waals surface area contributed by atoms with E-state index in [0.29, 0.717) is 18.5 Å². The zero-order valence-corrected chi connectivity index (χ0v) is 19.7. The molecule has 0 atom stereocenters. The number of nitrogens with zero attached hydrogens (tertiary/aromatic N) is 2. The standard InChI is InChI=1S/C26H26BrN3O/c1-17-13-18(2)22(19(3)14-17)16-30-24-10-5-4-9-23(24)29-25(30)11-12-28-26(31)20-7-6-8-21(27)15-20/h4-10,13-15H,11-12,16H2,1-3H3,(H,28,31). The molecule has 0 fully saturated rings. The Balaban J connectivity index is 1.58. The van der Waals surface area contributed by atoms with E-state index in [1.807, 2.05) is 42.5 Å². The lowest BCUT2D eigenvalue weighted by Gasteiger charge is -2.15. The third-order valence-electron chi connectivity index (χ3n) is 5.61. The van der Waals surface area contributed by atoms with E-state index in [1.165, 1.54) is 22.3 Å². The number of aryl methyl sites for hydroxylation is 3. The Morgan fingerprint density at radius 2 is 1.74 bits per heavy atom. The van der Waals surface area contributed by atoms with Gasteiger partial charge >= 0.3 is 0 Å². The van der Waals surface area contributed by atoms with Crippen LogP contribution in [0.1, 0.15) is 38.4 Å². The van der Waals surface area contributed by atoms with Crippen LogP contribution in [0.3, 0.4) is 0 Å². The quantitative estimate of drug-likeness (QED) is 0.386. The Morgan fingerprint density at radius 3 is 2.48 bits per heavy atom. The maximum atomic E-state index is 12.5. The molecule has 158 valence electrons. The number of carbonyl (C=O) groups is 1. The van der Waals surface area contributed by atoms with Gasteiger partial charge in [0.1, 0.15) is 5.82 Å². The van der Waals surface area contributed by atoms with E-state index in [-0.39, 0.29) is 5.91 Å². The molecule has 3 aromatic carbocycles. The highest BCUT2D eigenvalue weighted by Crippen LogP contribution is 2.23. The number of halogens is 1. The Morgan fingerprint density at radius 1 is 1.00 bits per heavy atom. The molecule has 0 aliphatic heterocycles. The molecule has 1 aromatic heterocycles. The SMILES string of the molecule is Cc1cc(C)c(Cn2c(CCNC(=O)c3cccc(Br)c3)nc3ccccc32)c(C)c1. The van der Waals surface area contributed by atoms with Crippen molar-refractivity contribution < 1.29 is 4.79 Å². The van der Waals surface area contributed by atoms with E-state index >= 15 is 0 Å². The van der Waals surface area contributed by atoms with Crippen LogP contribution in [-0.4, -0.2) is 22.0 Å². The molecule has 0 unspecified atom stereocenters. The number of imidazole rings is 1. The third-order valence-corrected chi connectivity index (χ3v) is 6.10. The highest BCUT2D eigenvalue weighted by molar-refractivity contribution is 9.10. The summed E-state index contributed by atoms with van der Waals surface area (Å²) in [6, 6.07) is 20.1. The second-order valence-electron chi connectivity index (χ2n) is 8.00. The van der Waals surface area contributed by atoms with Gasteiger partial charge in [0.2, 0.25) is 0 Å². The number of carbonyl (C=O) groups excluding carboxylic acids is 1. The summed E-state index contributed by atoms with van der Waals surface area (Å²) in [4.78, 5) is 17.4. The molecule has 31 heavy (non-hydrogen) atoms. The summed E-state index contributed by atoms with van der Waals surface area (Å²) in [7, 11) is 0. The van der Waals surface area contributed by atoms with Crippen molar-refractivity contribution in [2.75, 3.05) is 6.54 Å². The summed E-state index contributed by atoms with van der Waals surface area (Å²) < 4.78 is 3.18. The lowest BCUT2D eigenvalue weighted by atomic mass is 9.99. The molecule has 1 N–H and O–H groups in total. The van der Waals surface area contributed by atoms with Crippen molar-refractivity contribution in [3.63, 3.8) is 0 Å². The van der Waals surface area contributed by atoms with Gasteiger partial charge < -0.3 is 9.88 Å². The molecule has 0 spiro atoms. The van der Waals surface area contributed by atoms with Crippen LogP contribution in [0, 0.1) is 20.8 Å². The van der Waals surface area contributed by atoms with E-state index in [2.05, 4.69) is 64.8 Å². The first-order chi connectivity index (χ1) is 14.9. The Labute approximate surface area is 191 Å². The van der Waals surface area contributed by atoms with Crippen molar-refractivity contribution in [2.24, 2.45) is 0 Å². The van der Waals surface area contributed by atoms with Gasteiger partial charge in [-0.3, -0.25) is 4.79 Å². The first-order valence-electron chi connectivity index (χ1n) is 10.5. The number of hydrogen-bond acceptors (Lipinski definition) is 2. The van der Waals surface area contributed by atoms with Crippen LogP contribution >= 0.6 is 15.9 Å². The minimum atomic E-state index is -0.0748. The van der Waals surface area contributed by atoms with Crippen LogP contribution in [0.4, 0.5) is 0 Å². The van der Waals surface area contributed by atoms with Gasteiger partial charge in [0, 0.05) is 29.5 Å². The summed E-state index contributed by atoms with van der Waals surface area (Å²) in [6.45, 7) is 7.78. The van der Waals surface area contributed by atoms with Crippen molar-refractivity contribution >= 4 is 32.9 Å². The molecule has 0 radical (unpaired) electrons. The van der Waals surface area contributed by atoms with Gasteiger partial charge in [-0.25, -0.2) is 4.98 Å². The van der Waals surface area contributed by atoms with Crippen molar-refractivity contribution in [1.82, 2.24) is 14.9 Å². The molecule has 0 aliphatic carbocycles. The van der Waals surface area contributed by atoms with Gasteiger partial charge in [0.05, 0.1) is 11.0 Å². The molecule has 4 nitrogen and oxygen atoms in total. The fraction of sp³-hybridized carbons (Fsp3) is 0.231. The molecule has 4 aromatic rings. The number of nitrogens with one attached hydrogen (secondary N) is 1. The molecule has 0 saturated carbocycles. The average Bonchev–Trinajstić information content (AvgIpc) is 3.07. The summed E-state index contributed by atoms with van der Waals surface area (Å²) in [6.07, 6.45) is 0.665. The van der Waals surface area contributed by atoms with Crippen LogP contribution in [0.15, 0.2) is 65.1 Å². The number of benzene rings is 3. The monoisotopic (exact) mass is 475 g/mol. The van der Waals surface area contributed by atoms with Crippen LogP contribution < -0.4 is 5.32 Å². The fourth-order valence-electron chi connectivity index (χ4n) is 4.13. The van der Waals surface area contributed by atoms with E-state index in [9.17, 15) is 4.79 Å². The van der Waals surface area contributed by atoms with Crippen LogP contribution in [0.5, 0.6) is 0 Å². The Bertz CT molecular complexity index is 1240. The van der Waals surface area contributed by atoms with Crippen molar-refractivity contribution in [1.29, 1.82) is 0 Å². The van der Waals surface area contributed by atoms with Crippen LogP contribution in [0.25, 0.3) is 11.0 Å². The van der Waals surface area contributed by atoms with Crippen molar-refractivity contribution in [3.05, 3.63) is 98.8 Å². The number of rotatable bonds is 6. The van der Waals surface area contributed by atoms with Gasteiger partial charge in [-0.15, -0.1) is 0 Å². The van der Waals surface area contributed by atoms with Crippen molar-refractivity contribution in [3.8, 4) is 0 Å². The molecular formula is C26H26BrN3O. The van der Waals surface area contributed by atoms with Gasteiger partial charge in [-0.2, -0.15) is 0 Å². The molecule has 5 heteroatoms. The lowest BCUT2D eigenvalue weighted by molar-refractivity contribution is 0.0954. The number of aromatic nitrogens is 2. The van der Waals surface area contributed by atoms with E-state index < -0.39 is 0 Å². The van der Waals surface area contributed by atoms with E-state index in [1.54, 1.807) is 0 Å². The third kappa shape index (κ3) is 4.72. The van der Waals surface area contributed by atoms with Gasteiger partial charge in [0.15, 0.2) is 0 Å². The molecule has 0 saturated heterocycles. The number of hydrogen-bond donors (Lipinski definition) is 1. The minimum Gasteiger partial charge on any atom is -0.352 e. The van der Waals surface area contributed by atoms with Crippen LogP contribution in [-0.2, 0) is 13.0 Å². The van der Waals surface area contributed by atoms with Crippen molar-refractivity contribution in [2.45, 2.75) is 33.7 Å². The molecule has 4 rings (SSSR count). The molecule has 0 bridgehead atoms. The first kappa shape index (κ1) is 21.3. The Kier molecular flexibility index (Phi) is 6.23. The highest BCUT2D eigenvalue weighted by atomic mass is 79.9. The van der Waals surface area contributed by atoms with Crippen LogP contribution in [0.2, 0.25) is 0 Å². The van der Waals surface area contributed by atoms with Gasteiger partial charge in [-0.05, 0) is 67.8 Å². The van der Waals surface area contributed by atoms with Gasteiger partial charge in [0.25, 0.3) is 5.91 Å². The molecule has 1 heterocycles. The fourth-order valence-corrected chi connectivity index (χ4v) is 4.53. The summed E-state index contributed by atoms with van der Waals surface area (Å²) in [5.41, 5.74) is 7.95. The normalized spacial score (nSPS) is 11.1. The predicted molar refractivity (Wildman–Crippen MR) is 130 cm³/mol. The summed E-state index contributed by atoms with van der Waals surface area (Å²) >= 11 is 3.42. The van der Waals surface area contributed by atoms with E-state index in [0.717, 1.165) is 27.9 Å². The predicted octanol–water partition coefficient (Wildman–Crippen LogP) is 5.74. The van der Waals surface area contributed by atoms with Gasteiger partial charge in [-0.1, -0.05) is 51.8 Å². The maximum Gasteiger partial charge on any atom is 0.251 e. The minimum absolute atomic E-state index is 0.0748. The highest BCUT2D eigenvalue weighted by Gasteiger charge is 2.14. The second-order valence-corrected chi connectivity index (χ2v) is 8.91. The zero-order valence-electron chi connectivity index (χ0n) is 18.1. The number of amides is 1. The topological polar surface area (TPSA) is 46.9 Å². The summed E-state index contributed by atoms with van der Waals surface area (Å²) in [5.74, 6) is 0.907. The van der Waals surface area contributed by atoms with E-state index in [4.69, 9.17) is 4.98 Å². The summed E-state index contributed by atoms with van der Waals surface area (Å²) in [5, 5.41) is 3.03. The number of fused-ring (bicyclic) bond motifs is 1. The largest absolute Gasteiger partial charge is 0.352 e. The zero-order chi connectivity index (χ0) is 22.0. The first-order valence-corrected chi connectivity index (χ1v) is 11.3.